The molecule has 3 aromatic rings. The van der Waals surface area contributed by atoms with Gasteiger partial charge in [0, 0.05) is 32.3 Å². The van der Waals surface area contributed by atoms with Crippen LogP contribution in [-0.4, -0.2) is 78.3 Å². The molecule has 1 aromatic carbocycles. The predicted molar refractivity (Wildman–Crippen MR) is 147 cm³/mol. The number of amides is 2. The molecule has 0 saturated carbocycles. The van der Waals surface area contributed by atoms with E-state index in [1.807, 2.05) is 46.9 Å². The molecule has 0 bridgehead atoms. The second kappa shape index (κ2) is 13.1. The Labute approximate surface area is 229 Å². The van der Waals surface area contributed by atoms with Crippen LogP contribution in [0.15, 0.2) is 48.5 Å². The van der Waals surface area contributed by atoms with E-state index in [4.69, 9.17) is 10.5 Å². The van der Waals surface area contributed by atoms with E-state index in [-0.39, 0.29) is 37.9 Å². The lowest BCUT2D eigenvalue weighted by molar-refractivity contribution is -0.129. The van der Waals surface area contributed by atoms with Crippen LogP contribution in [0.4, 0.5) is 0 Å². The highest BCUT2D eigenvalue weighted by molar-refractivity contribution is 7.88. The van der Waals surface area contributed by atoms with E-state index in [1.165, 1.54) is 4.90 Å². The number of fused-ring (bicyclic) bond motifs is 1. The molecule has 39 heavy (non-hydrogen) atoms. The van der Waals surface area contributed by atoms with Crippen LogP contribution in [0, 0.1) is 0 Å². The lowest BCUT2D eigenvalue weighted by Crippen LogP contribution is -2.51. The van der Waals surface area contributed by atoms with Gasteiger partial charge < -0.3 is 20.7 Å². The summed E-state index contributed by atoms with van der Waals surface area (Å²) in [5, 5.41) is 11.6. The molecule has 3 rings (SSSR count). The zero-order valence-corrected chi connectivity index (χ0v) is 23.6. The Kier molecular flexibility index (Phi) is 10.1. The lowest BCUT2D eigenvalue weighted by atomic mass is 10.1. The van der Waals surface area contributed by atoms with Crippen molar-refractivity contribution in [2.75, 3.05) is 33.0 Å². The van der Waals surface area contributed by atoms with Crippen LogP contribution in [0.5, 0.6) is 0 Å². The van der Waals surface area contributed by atoms with Gasteiger partial charge in [-0.05, 0) is 38.0 Å². The number of benzene rings is 1. The fourth-order valence-electron chi connectivity index (χ4n) is 3.80. The summed E-state index contributed by atoms with van der Waals surface area (Å²) in [6.07, 6.45) is 1.63. The van der Waals surface area contributed by atoms with Gasteiger partial charge in [-0.15, -0.1) is 10.2 Å². The Morgan fingerprint density at radius 2 is 1.85 bits per heavy atom. The number of pyridine rings is 1. The van der Waals surface area contributed by atoms with Crippen LogP contribution in [0.25, 0.3) is 5.65 Å². The number of nitrogens with two attached hydrogens (primary N) is 1. The standard InChI is InChI=1S/C26H37N7O5S/c1-26(2,27)25(35)29-21(18-38-17-19-9-6-5-7-10-19)24-31-30-22-12-8-11-20(33(22)24)13-14-23(34)32(3)16-15-28-39(4,36)37/h5-12,21,28H,13-18,27H2,1-4H3,(H,29,35)/t21-/m1/s1. The number of nitrogens with zero attached hydrogens (tertiary/aromatic N) is 4. The van der Waals surface area contributed by atoms with Crippen molar-refractivity contribution in [2.24, 2.45) is 5.73 Å². The molecule has 0 radical (unpaired) electrons. The van der Waals surface area contributed by atoms with Gasteiger partial charge in [-0.3, -0.25) is 14.0 Å². The number of sulfonamides is 1. The molecule has 0 unspecified atom stereocenters. The number of rotatable bonds is 14. The van der Waals surface area contributed by atoms with E-state index in [0.29, 0.717) is 24.5 Å². The number of aromatic nitrogens is 3. The number of aryl methyl sites for hydroxylation is 1. The molecule has 0 fully saturated rings. The Hall–Kier alpha value is -3.39. The van der Waals surface area contributed by atoms with Crippen molar-refractivity contribution >= 4 is 27.5 Å². The van der Waals surface area contributed by atoms with Crippen molar-refractivity contribution in [3.8, 4) is 0 Å². The molecule has 0 aliphatic carbocycles. The molecule has 1 atom stereocenters. The SMILES string of the molecule is CN(CCNS(C)(=O)=O)C(=O)CCc1cccc2nnc([C@@H](COCc3ccccc3)NC(=O)C(C)(C)N)n12. The molecule has 0 aliphatic rings. The predicted octanol–water partition coefficient (Wildman–Crippen LogP) is 0.781. The van der Waals surface area contributed by atoms with Crippen molar-refractivity contribution < 1.29 is 22.7 Å². The number of carbonyl (C=O) groups excluding carboxylic acids is 2. The van der Waals surface area contributed by atoms with E-state index >= 15 is 0 Å². The highest BCUT2D eigenvalue weighted by Crippen LogP contribution is 2.19. The largest absolute Gasteiger partial charge is 0.374 e. The summed E-state index contributed by atoms with van der Waals surface area (Å²) in [5.74, 6) is -0.0492. The first-order valence-electron chi connectivity index (χ1n) is 12.6. The average molecular weight is 560 g/mol. The van der Waals surface area contributed by atoms with Gasteiger partial charge in [0.1, 0.15) is 6.04 Å². The quantitative estimate of drug-likeness (QED) is 0.261. The van der Waals surface area contributed by atoms with Crippen LogP contribution in [-0.2, 0) is 37.4 Å². The number of ether oxygens (including phenoxy) is 1. The van der Waals surface area contributed by atoms with Gasteiger partial charge in [0.25, 0.3) is 0 Å². The van der Waals surface area contributed by atoms with Gasteiger partial charge in [-0.1, -0.05) is 36.4 Å². The zero-order valence-electron chi connectivity index (χ0n) is 22.8. The van der Waals surface area contributed by atoms with E-state index in [9.17, 15) is 18.0 Å². The normalized spacial score (nSPS) is 12.8. The maximum Gasteiger partial charge on any atom is 0.240 e. The topological polar surface area (TPSA) is 161 Å². The van der Waals surface area contributed by atoms with Gasteiger partial charge in [0.2, 0.25) is 21.8 Å². The zero-order chi connectivity index (χ0) is 28.6. The molecule has 0 spiro atoms. The van der Waals surface area contributed by atoms with Crippen LogP contribution in [0.1, 0.15) is 43.4 Å². The number of nitrogens with one attached hydrogen (secondary N) is 2. The van der Waals surface area contributed by atoms with Crippen molar-refractivity contribution in [1.29, 1.82) is 0 Å². The van der Waals surface area contributed by atoms with Gasteiger partial charge in [0.05, 0.1) is 25.0 Å². The number of hydrogen-bond donors (Lipinski definition) is 3. The molecule has 212 valence electrons. The molecular formula is C26H37N7O5S. The molecule has 2 amide bonds. The minimum Gasteiger partial charge on any atom is -0.374 e. The Morgan fingerprint density at radius 1 is 1.13 bits per heavy atom. The minimum absolute atomic E-state index is 0.126. The van der Waals surface area contributed by atoms with Crippen LogP contribution >= 0.6 is 0 Å². The summed E-state index contributed by atoms with van der Waals surface area (Å²) >= 11 is 0. The molecule has 13 heteroatoms. The monoisotopic (exact) mass is 559 g/mol. The summed E-state index contributed by atoms with van der Waals surface area (Å²) < 4.78 is 32.7. The molecule has 12 nitrogen and oxygen atoms in total. The highest BCUT2D eigenvalue weighted by Gasteiger charge is 2.28. The summed E-state index contributed by atoms with van der Waals surface area (Å²) in [6.45, 7) is 4.08. The smallest absolute Gasteiger partial charge is 0.240 e. The highest BCUT2D eigenvalue weighted by atomic mass is 32.2. The summed E-state index contributed by atoms with van der Waals surface area (Å²) in [7, 11) is -1.70. The Balaban J connectivity index is 1.78. The third kappa shape index (κ3) is 9.10. The van der Waals surface area contributed by atoms with Crippen molar-refractivity contribution in [3.63, 3.8) is 0 Å². The Bertz CT molecular complexity index is 1370. The molecule has 0 saturated heterocycles. The minimum atomic E-state index is -3.33. The van der Waals surface area contributed by atoms with Crippen LogP contribution in [0.3, 0.4) is 0 Å². The molecular weight excluding hydrogens is 522 g/mol. The number of hydrogen-bond acceptors (Lipinski definition) is 8. The third-order valence-electron chi connectivity index (χ3n) is 5.96. The van der Waals surface area contributed by atoms with Gasteiger partial charge in [-0.25, -0.2) is 13.1 Å². The van der Waals surface area contributed by atoms with Crippen LogP contribution in [0.2, 0.25) is 0 Å². The number of carbonyl (C=O) groups is 2. The van der Waals surface area contributed by atoms with Crippen molar-refractivity contribution in [1.82, 2.24) is 29.5 Å². The fraction of sp³-hybridized carbons (Fsp3) is 0.462. The molecule has 4 N–H and O–H groups in total. The van der Waals surface area contributed by atoms with E-state index in [0.717, 1.165) is 17.5 Å². The van der Waals surface area contributed by atoms with Crippen molar-refractivity contribution in [3.05, 3.63) is 65.6 Å². The van der Waals surface area contributed by atoms with Gasteiger partial charge in [0.15, 0.2) is 11.5 Å². The first kappa shape index (κ1) is 30.2. The molecule has 0 aliphatic heterocycles. The van der Waals surface area contributed by atoms with Gasteiger partial charge in [-0.2, -0.15) is 0 Å². The third-order valence-corrected chi connectivity index (χ3v) is 6.69. The maximum atomic E-state index is 12.8. The fourth-order valence-corrected chi connectivity index (χ4v) is 4.26. The summed E-state index contributed by atoms with van der Waals surface area (Å²) in [5.41, 5.74) is 7.24. The summed E-state index contributed by atoms with van der Waals surface area (Å²) in [4.78, 5) is 27.0. The second-order valence-corrected chi connectivity index (χ2v) is 11.8. The molecule has 2 aromatic heterocycles. The van der Waals surface area contributed by atoms with Gasteiger partial charge >= 0.3 is 0 Å². The van der Waals surface area contributed by atoms with Crippen LogP contribution < -0.4 is 15.8 Å². The number of likely N-dealkylation sites (N-methyl/N-ethyl adjacent to an activating group) is 1. The first-order chi connectivity index (χ1) is 18.3. The lowest BCUT2D eigenvalue weighted by Gasteiger charge is -2.24. The second-order valence-electron chi connectivity index (χ2n) is 10.00. The summed E-state index contributed by atoms with van der Waals surface area (Å²) in [6, 6.07) is 14.5. The van der Waals surface area contributed by atoms with E-state index in [2.05, 4.69) is 20.2 Å². The van der Waals surface area contributed by atoms with Crippen molar-refractivity contribution in [2.45, 2.75) is 44.9 Å². The Morgan fingerprint density at radius 3 is 2.51 bits per heavy atom. The average Bonchev–Trinajstić information content (AvgIpc) is 3.30. The maximum absolute atomic E-state index is 12.8. The molecule has 2 heterocycles. The van der Waals surface area contributed by atoms with E-state index in [1.54, 1.807) is 27.0 Å². The first-order valence-corrected chi connectivity index (χ1v) is 14.5. The van der Waals surface area contributed by atoms with E-state index < -0.39 is 21.6 Å².